The molecule has 0 aliphatic carbocycles. The van der Waals surface area contributed by atoms with Crippen LogP contribution in [0.15, 0.2) is 91.0 Å². The highest BCUT2D eigenvalue weighted by Crippen LogP contribution is 2.25. The molecule has 1 heterocycles. The summed E-state index contributed by atoms with van der Waals surface area (Å²) in [6.07, 6.45) is 0. The quantitative estimate of drug-likeness (QED) is 0.392. The maximum Gasteiger partial charge on any atom is 0.295 e. The predicted molar refractivity (Wildman–Crippen MR) is 128 cm³/mol. The number of nitrogens with one attached hydrogen (secondary N) is 1. The Hall–Kier alpha value is -4.25. The van der Waals surface area contributed by atoms with Crippen LogP contribution in [0.2, 0.25) is 0 Å². The molecule has 5 heteroatoms. The van der Waals surface area contributed by atoms with E-state index < -0.39 is 0 Å². The van der Waals surface area contributed by atoms with Crippen LogP contribution in [0.3, 0.4) is 0 Å². The summed E-state index contributed by atoms with van der Waals surface area (Å²) < 4.78 is 1.73. The Kier molecular flexibility index (Phi) is 5.00. The average Bonchev–Trinajstić information content (AvgIpc) is 3.26. The largest absolute Gasteiger partial charge is 0.319 e. The minimum absolute atomic E-state index is 0.120. The van der Waals surface area contributed by atoms with Gasteiger partial charge in [0.1, 0.15) is 0 Å². The number of hydrogen-bond acceptors (Lipinski definition) is 3. The van der Waals surface area contributed by atoms with Gasteiger partial charge in [0.15, 0.2) is 5.82 Å². The van der Waals surface area contributed by atoms with Crippen LogP contribution in [0.5, 0.6) is 0 Å². The third-order valence-corrected chi connectivity index (χ3v) is 5.40. The number of carbonyl (C=O) groups is 1. The molecule has 0 aliphatic heterocycles. The van der Waals surface area contributed by atoms with E-state index in [1.807, 2.05) is 105 Å². The summed E-state index contributed by atoms with van der Waals surface area (Å²) in [7, 11) is 0. The fraction of sp³-hybridized carbons (Fsp3) is 0.0741. The average molecular weight is 419 g/mol. The van der Waals surface area contributed by atoms with Gasteiger partial charge in [-0.3, -0.25) is 4.79 Å². The number of anilines is 1. The van der Waals surface area contributed by atoms with Crippen molar-refractivity contribution in [3.8, 4) is 17.1 Å². The highest BCUT2D eigenvalue weighted by atomic mass is 16.2. The first-order chi connectivity index (χ1) is 15.6. The molecule has 0 bridgehead atoms. The van der Waals surface area contributed by atoms with E-state index in [1.165, 1.54) is 0 Å². The van der Waals surface area contributed by atoms with Crippen molar-refractivity contribution in [2.75, 3.05) is 5.32 Å². The van der Waals surface area contributed by atoms with Crippen molar-refractivity contribution < 1.29 is 4.79 Å². The summed E-state index contributed by atoms with van der Waals surface area (Å²) in [6, 6.07) is 29.8. The second kappa shape index (κ2) is 8.12. The molecule has 5 aromatic rings. The van der Waals surface area contributed by atoms with Crippen LogP contribution >= 0.6 is 0 Å². The third kappa shape index (κ3) is 3.76. The first kappa shape index (κ1) is 19.7. The molecule has 0 unspecified atom stereocenters. The lowest BCUT2D eigenvalue weighted by Crippen LogP contribution is -2.14. The fourth-order valence-electron chi connectivity index (χ4n) is 3.76. The van der Waals surface area contributed by atoms with E-state index in [0.29, 0.717) is 5.82 Å². The van der Waals surface area contributed by atoms with Crippen molar-refractivity contribution in [3.05, 3.63) is 108 Å². The molecule has 0 radical (unpaired) electrons. The highest BCUT2D eigenvalue weighted by Gasteiger charge is 2.19. The van der Waals surface area contributed by atoms with Gasteiger partial charge in [-0.1, -0.05) is 77.9 Å². The van der Waals surface area contributed by atoms with Gasteiger partial charge in [0, 0.05) is 16.6 Å². The second-order valence-electron chi connectivity index (χ2n) is 7.86. The Morgan fingerprint density at radius 3 is 2.38 bits per heavy atom. The number of benzene rings is 4. The molecule has 0 aliphatic rings. The van der Waals surface area contributed by atoms with Gasteiger partial charge in [0.2, 0.25) is 5.82 Å². The first-order valence-electron chi connectivity index (χ1n) is 10.5. The lowest BCUT2D eigenvalue weighted by molar-refractivity contribution is 0.101. The molecule has 4 aromatic carbocycles. The Labute approximate surface area is 186 Å². The van der Waals surface area contributed by atoms with E-state index in [4.69, 9.17) is 0 Å². The molecular weight excluding hydrogens is 396 g/mol. The lowest BCUT2D eigenvalue weighted by atomic mass is 10.1. The topological polar surface area (TPSA) is 59.8 Å². The molecule has 0 spiro atoms. The zero-order valence-electron chi connectivity index (χ0n) is 17.9. The Balaban J connectivity index is 1.57. The van der Waals surface area contributed by atoms with E-state index in [2.05, 4.69) is 15.4 Å². The monoisotopic (exact) mass is 418 g/mol. The molecule has 5 nitrogen and oxygen atoms in total. The van der Waals surface area contributed by atoms with Gasteiger partial charge in [0.05, 0.1) is 5.69 Å². The molecule has 5 rings (SSSR count). The van der Waals surface area contributed by atoms with Crippen LogP contribution in [0.1, 0.15) is 21.7 Å². The normalized spacial score (nSPS) is 10.9. The third-order valence-electron chi connectivity index (χ3n) is 5.40. The van der Waals surface area contributed by atoms with Crippen LogP contribution in [-0.4, -0.2) is 20.7 Å². The number of aromatic nitrogens is 3. The van der Waals surface area contributed by atoms with Crippen LogP contribution in [0, 0.1) is 13.8 Å². The van der Waals surface area contributed by atoms with Crippen LogP contribution in [0.25, 0.3) is 27.8 Å². The van der Waals surface area contributed by atoms with Gasteiger partial charge in [-0.15, -0.1) is 5.10 Å². The summed E-state index contributed by atoms with van der Waals surface area (Å²) in [6.45, 7) is 4.07. The Bertz CT molecular complexity index is 1430. The minimum atomic E-state index is -0.346. The number of nitrogens with zero attached hydrogens (tertiary/aromatic N) is 3. The lowest BCUT2D eigenvalue weighted by Gasteiger charge is -2.07. The second-order valence-corrected chi connectivity index (χ2v) is 7.86. The number of amides is 1. The Morgan fingerprint density at radius 1 is 0.812 bits per heavy atom. The predicted octanol–water partition coefficient (Wildman–Crippen LogP) is 5.96. The number of fused-ring (bicyclic) bond motifs is 1. The van der Waals surface area contributed by atoms with Crippen molar-refractivity contribution in [1.29, 1.82) is 0 Å². The van der Waals surface area contributed by atoms with Crippen molar-refractivity contribution in [2.45, 2.75) is 13.8 Å². The fourth-order valence-corrected chi connectivity index (χ4v) is 3.76. The maximum absolute atomic E-state index is 13.2. The number of rotatable bonds is 4. The summed E-state index contributed by atoms with van der Waals surface area (Å²) >= 11 is 0. The van der Waals surface area contributed by atoms with Gasteiger partial charge in [-0.25, -0.2) is 9.67 Å². The molecule has 0 atom stereocenters. The number of carbonyl (C=O) groups excluding carboxylic acids is 1. The summed E-state index contributed by atoms with van der Waals surface area (Å²) in [4.78, 5) is 17.8. The van der Waals surface area contributed by atoms with Crippen molar-refractivity contribution >= 4 is 22.4 Å². The van der Waals surface area contributed by atoms with Crippen molar-refractivity contribution in [1.82, 2.24) is 14.8 Å². The summed E-state index contributed by atoms with van der Waals surface area (Å²) in [5.41, 5.74) is 4.76. The zero-order valence-corrected chi connectivity index (χ0v) is 17.9. The van der Waals surface area contributed by atoms with Gasteiger partial charge in [-0.05, 0) is 43.5 Å². The number of hydrogen-bond donors (Lipinski definition) is 1. The van der Waals surface area contributed by atoms with Crippen molar-refractivity contribution in [3.63, 3.8) is 0 Å². The van der Waals surface area contributed by atoms with Gasteiger partial charge in [-0.2, -0.15) is 0 Å². The molecule has 1 aromatic heterocycles. The molecule has 32 heavy (non-hydrogen) atoms. The van der Waals surface area contributed by atoms with Crippen LogP contribution in [0.4, 0.5) is 5.69 Å². The molecular formula is C27H22N4O. The zero-order chi connectivity index (χ0) is 22.1. The molecule has 1 N–H and O–H groups in total. The summed E-state index contributed by atoms with van der Waals surface area (Å²) in [5, 5.41) is 9.61. The molecule has 0 fully saturated rings. The van der Waals surface area contributed by atoms with E-state index in [9.17, 15) is 4.79 Å². The van der Waals surface area contributed by atoms with Crippen LogP contribution < -0.4 is 5.32 Å². The SMILES string of the molecule is Cc1ccc(-n2nc(C(=O)Nc3cccc4ccccc34)nc2-c2cccc(C)c2)cc1. The van der Waals surface area contributed by atoms with E-state index in [0.717, 1.165) is 38.8 Å². The van der Waals surface area contributed by atoms with E-state index in [-0.39, 0.29) is 11.7 Å². The van der Waals surface area contributed by atoms with E-state index >= 15 is 0 Å². The summed E-state index contributed by atoms with van der Waals surface area (Å²) in [5.74, 6) is 0.400. The van der Waals surface area contributed by atoms with Gasteiger partial charge in [0.25, 0.3) is 5.91 Å². The molecule has 156 valence electrons. The Morgan fingerprint density at radius 2 is 1.56 bits per heavy atom. The maximum atomic E-state index is 13.2. The van der Waals surface area contributed by atoms with Crippen LogP contribution in [-0.2, 0) is 0 Å². The first-order valence-corrected chi connectivity index (χ1v) is 10.5. The molecule has 1 amide bonds. The van der Waals surface area contributed by atoms with Gasteiger partial charge >= 0.3 is 0 Å². The smallest absolute Gasteiger partial charge is 0.295 e. The van der Waals surface area contributed by atoms with E-state index in [1.54, 1.807) is 4.68 Å². The van der Waals surface area contributed by atoms with Gasteiger partial charge < -0.3 is 5.32 Å². The molecule has 0 saturated heterocycles. The standard InChI is InChI=1S/C27H22N4O/c1-18-13-15-22(16-14-18)31-26(21-10-5-7-19(2)17-21)29-25(30-31)27(32)28-24-12-6-9-20-8-3-4-11-23(20)24/h3-17H,1-2H3,(H,28,32). The number of aryl methyl sites for hydroxylation is 2. The molecule has 0 saturated carbocycles. The highest BCUT2D eigenvalue weighted by molar-refractivity contribution is 6.07. The minimum Gasteiger partial charge on any atom is -0.319 e. The van der Waals surface area contributed by atoms with Crippen molar-refractivity contribution in [2.24, 2.45) is 0 Å².